The van der Waals surface area contributed by atoms with Crippen molar-refractivity contribution >= 4 is 11.0 Å². The highest BCUT2D eigenvalue weighted by Gasteiger charge is 2.12. The highest BCUT2D eigenvalue weighted by molar-refractivity contribution is 5.75. The first-order chi connectivity index (χ1) is 23.7. The molecule has 276 valence electrons. The van der Waals surface area contributed by atoms with Crippen LogP contribution in [0.4, 0.5) is 0 Å². The Morgan fingerprint density at radius 3 is 1.10 bits per heavy atom. The van der Waals surface area contributed by atoms with Crippen LogP contribution in [0.2, 0.25) is 0 Å². The van der Waals surface area contributed by atoms with Crippen molar-refractivity contribution in [3.63, 3.8) is 0 Å². The standard InChI is InChI=1S/C42H76N4O2/c1-3-5-7-9-11-13-15-17-19-21-23-25-27-29-31-33-35-37-39-40(41(47)46-42(48)45-39)44-38(43-37)36-34-32-30-28-26-24-22-20-18-16-14-12-10-8-6-4-2/h3-36H2,1-2H3,(H2,45,46,47,48). The van der Waals surface area contributed by atoms with Crippen LogP contribution in [0, 0.1) is 0 Å². The average molecular weight is 669 g/mol. The zero-order valence-corrected chi connectivity index (χ0v) is 31.8. The van der Waals surface area contributed by atoms with E-state index in [4.69, 9.17) is 4.98 Å². The Hall–Kier alpha value is -1.98. The molecule has 2 aromatic heterocycles. The number of hydrogen-bond acceptors (Lipinski definition) is 4. The normalized spacial score (nSPS) is 11.6. The predicted octanol–water partition coefficient (Wildman–Crippen LogP) is 12.6. The summed E-state index contributed by atoms with van der Waals surface area (Å²) in [5.41, 5.74) is 0.815. The minimum absolute atomic E-state index is 0.336. The Morgan fingerprint density at radius 2 is 0.729 bits per heavy atom. The largest absolute Gasteiger partial charge is 0.326 e. The smallest absolute Gasteiger partial charge is 0.304 e. The van der Waals surface area contributed by atoms with Crippen molar-refractivity contribution < 1.29 is 0 Å². The molecular formula is C42H76N4O2. The number of unbranched alkanes of at least 4 members (excludes halogenated alkanes) is 30. The van der Waals surface area contributed by atoms with Crippen LogP contribution >= 0.6 is 0 Å². The van der Waals surface area contributed by atoms with Gasteiger partial charge in [0, 0.05) is 6.42 Å². The first kappa shape index (κ1) is 42.2. The van der Waals surface area contributed by atoms with Crippen LogP contribution in [0.5, 0.6) is 0 Å². The summed E-state index contributed by atoms with van der Waals surface area (Å²) in [6.45, 7) is 4.57. The van der Waals surface area contributed by atoms with Gasteiger partial charge in [-0.2, -0.15) is 0 Å². The van der Waals surface area contributed by atoms with Crippen LogP contribution < -0.4 is 11.2 Å². The molecule has 0 aliphatic carbocycles. The maximum atomic E-state index is 12.6. The van der Waals surface area contributed by atoms with Gasteiger partial charge < -0.3 is 4.98 Å². The summed E-state index contributed by atoms with van der Waals surface area (Å²) in [6, 6.07) is 0. The molecule has 0 aromatic carbocycles. The molecule has 2 N–H and O–H groups in total. The molecule has 0 fully saturated rings. The molecule has 6 heteroatoms. The van der Waals surface area contributed by atoms with Crippen LogP contribution in [0.25, 0.3) is 11.0 Å². The predicted molar refractivity (Wildman–Crippen MR) is 207 cm³/mol. The van der Waals surface area contributed by atoms with Gasteiger partial charge in [-0.3, -0.25) is 9.78 Å². The quantitative estimate of drug-likeness (QED) is 0.0726. The Morgan fingerprint density at radius 1 is 0.396 bits per heavy atom. The van der Waals surface area contributed by atoms with Crippen LogP contribution in [-0.2, 0) is 12.8 Å². The van der Waals surface area contributed by atoms with E-state index in [0.29, 0.717) is 11.0 Å². The molecule has 0 saturated carbocycles. The fourth-order valence-corrected chi connectivity index (χ4v) is 7.13. The molecule has 0 amide bonds. The van der Waals surface area contributed by atoms with Crippen molar-refractivity contribution in [2.75, 3.05) is 0 Å². The van der Waals surface area contributed by atoms with E-state index in [1.54, 1.807) is 0 Å². The number of nitrogens with one attached hydrogen (secondary N) is 2. The van der Waals surface area contributed by atoms with Gasteiger partial charge in [0.2, 0.25) is 0 Å². The summed E-state index contributed by atoms with van der Waals surface area (Å²) in [6.07, 6.45) is 44.6. The summed E-state index contributed by atoms with van der Waals surface area (Å²) in [5, 5.41) is 0. The molecule has 0 atom stereocenters. The maximum absolute atomic E-state index is 12.6. The van der Waals surface area contributed by atoms with Crippen LogP contribution in [0.1, 0.15) is 231 Å². The van der Waals surface area contributed by atoms with E-state index in [0.717, 1.165) is 43.6 Å². The van der Waals surface area contributed by atoms with E-state index in [2.05, 4.69) is 28.8 Å². The van der Waals surface area contributed by atoms with E-state index in [9.17, 15) is 9.59 Å². The molecule has 2 aromatic rings. The lowest BCUT2D eigenvalue weighted by molar-refractivity contribution is 0.528. The molecular weight excluding hydrogens is 592 g/mol. The van der Waals surface area contributed by atoms with Crippen LogP contribution in [0.15, 0.2) is 9.59 Å². The monoisotopic (exact) mass is 669 g/mol. The van der Waals surface area contributed by atoms with Gasteiger partial charge in [-0.15, -0.1) is 0 Å². The first-order valence-electron chi connectivity index (χ1n) is 21.2. The summed E-state index contributed by atoms with van der Waals surface area (Å²) in [4.78, 5) is 39.2. The molecule has 0 unspecified atom stereocenters. The fourth-order valence-electron chi connectivity index (χ4n) is 7.13. The minimum atomic E-state index is -0.477. The lowest BCUT2D eigenvalue weighted by atomic mass is 10.0. The summed E-state index contributed by atoms with van der Waals surface area (Å²) in [5.74, 6) is 0.747. The molecule has 2 heterocycles. The number of fused-ring (bicyclic) bond motifs is 1. The van der Waals surface area contributed by atoms with Gasteiger partial charge in [0.25, 0.3) is 5.56 Å². The number of H-pyrrole nitrogens is 2. The zero-order chi connectivity index (χ0) is 34.3. The van der Waals surface area contributed by atoms with E-state index >= 15 is 0 Å². The van der Waals surface area contributed by atoms with Gasteiger partial charge in [-0.05, 0) is 19.3 Å². The molecule has 0 spiro atoms. The summed E-state index contributed by atoms with van der Waals surface area (Å²) >= 11 is 0. The molecule has 0 aliphatic heterocycles. The topological polar surface area (TPSA) is 91.5 Å². The first-order valence-corrected chi connectivity index (χ1v) is 21.2. The lowest BCUT2D eigenvalue weighted by Crippen LogP contribution is -2.24. The number of aromatic amines is 2. The summed E-state index contributed by atoms with van der Waals surface area (Å²) in [7, 11) is 0. The van der Waals surface area contributed by atoms with Crippen molar-refractivity contribution in [2.24, 2.45) is 0 Å². The minimum Gasteiger partial charge on any atom is -0.304 e. The van der Waals surface area contributed by atoms with Crippen LogP contribution in [-0.4, -0.2) is 19.9 Å². The third-order valence-electron chi connectivity index (χ3n) is 10.2. The highest BCUT2D eigenvalue weighted by Crippen LogP contribution is 2.18. The second-order valence-corrected chi connectivity index (χ2v) is 14.8. The van der Waals surface area contributed by atoms with Crippen molar-refractivity contribution in [1.29, 1.82) is 0 Å². The SMILES string of the molecule is CCCCCCCCCCCCCCCCCCc1nc(CCCCCCCCCCCCCCCCCC)c2[nH]c(=O)[nH]c(=O)c2n1. The van der Waals surface area contributed by atoms with E-state index in [1.165, 1.54) is 186 Å². The molecule has 0 radical (unpaired) electrons. The van der Waals surface area contributed by atoms with Crippen molar-refractivity contribution in [3.05, 3.63) is 32.4 Å². The highest BCUT2D eigenvalue weighted by atomic mass is 16.2. The molecule has 0 bridgehead atoms. The van der Waals surface area contributed by atoms with E-state index < -0.39 is 11.2 Å². The van der Waals surface area contributed by atoms with Gasteiger partial charge in [-0.1, -0.05) is 206 Å². The molecule has 2 rings (SSSR count). The van der Waals surface area contributed by atoms with Crippen molar-refractivity contribution in [1.82, 2.24) is 19.9 Å². The number of aryl methyl sites for hydroxylation is 2. The van der Waals surface area contributed by atoms with Gasteiger partial charge in [0.1, 0.15) is 5.82 Å². The number of rotatable bonds is 34. The van der Waals surface area contributed by atoms with Gasteiger partial charge >= 0.3 is 5.69 Å². The lowest BCUT2D eigenvalue weighted by Gasteiger charge is -2.09. The third-order valence-corrected chi connectivity index (χ3v) is 10.2. The Bertz CT molecular complexity index is 1140. The van der Waals surface area contributed by atoms with Crippen molar-refractivity contribution in [2.45, 2.75) is 232 Å². The van der Waals surface area contributed by atoms with Crippen LogP contribution in [0.3, 0.4) is 0 Å². The summed E-state index contributed by atoms with van der Waals surface area (Å²) < 4.78 is 0. The van der Waals surface area contributed by atoms with E-state index in [1.807, 2.05) is 0 Å². The molecule has 0 saturated heterocycles. The van der Waals surface area contributed by atoms with Gasteiger partial charge in [-0.25, -0.2) is 14.8 Å². The Kier molecular flexibility index (Phi) is 26.3. The Balaban J connectivity index is 1.56. The van der Waals surface area contributed by atoms with Gasteiger partial charge in [0.15, 0.2) is 5.52 Å². The maximum Gasteiger partial charge on any atom is 0.326 e. The number of nitrogens with zero attached hydrogens (tertiary/aromatic N) is 2. The second kappa shape index (κ2) is 29.9. The number of hydrogen-bond donors (Lipinski definition) is 2. The zero-order valence-electron chi connectivity index (χ0n) is 31.8. The molecule has 6 nitrogen and oxygen atoms in total. The van der Waals surface area contributed by atoms with Crippen molar-refractivity contribution in [3.8, 4) is 0 Å². The molecule has 48 heavy (non-hydrogen) atoms. The van der Waals surface area contributed by atoms with Gasteiger partial charge in [0.05, 0.1) is 11.2 Å². The Labute approximate surface area is 294 Å². The molecule has 0 aliphatic rings. The third kappa shape index (κ3) is 21.2. The average Bonchev–Trinajstić information content (AvgIpc) is 3.08. The fraction of sp³-hybridized carbons (Fsp3) is 0.857. The second-order valence-electron chi connectivity index (χ2n) is 14.8. The van der Waals surface area contributed by atoms with E-state index in [-0.39, 0.29) is 0 Å². The number of aromatic nitrogens is 4.